The third kappa shape index (κ3) is 4.18. The lowest BCUT2D eigenvalue weighted by Crippen LogP contribution is -2.31. The molecule has 2 heterocycles. The molecule has 2 aromatic heterocycles. The largest absolute Gasteiger partial charge is 0.324 e. The Balaban J connectivity index is 1.76. The summed E-state index contributed by atoms with van der Waals surface area (Å²) in [6, 6.07) is 12.4. The maximum atomic E-state index is 13.4. The summed E-state index contributed by atoms with van der Waals surface area (Å²) in [4.78, 5) is 32.5. The van der Waals surface area contributed by atoms with E-state index in [1.165, 1.54) is 22.2 Å². The van der Waals surface area contributed by atoms with E-state index in [0.717, 1.165) is 26.0 Å². The first-order chi connectivity index (χ1) is 14.8. The van der Waals surface area contributed by atoms with E-state index in [0.29, 0.717) is 20.9 Å². The zero-order chi connectivity index (χ0) is 22.3. The minimum absolute atomic E-state index is 0.238. The van der Waals surface area contributed by atoms with E-state index in [2.05, 4.69) is 26.2 Å². The second kappa shape index (κ2) is 8.57. The molecule has 1 unspecified atom stereocenters. The summed E-state index contributed by atoms with van der Waals surface area (Å²) in [6.07, 6.45) is 1.45. The normalized spacial score (nSPS) is 12.2. The van der Waals surface area contributed by atoms with Gasteiger partial charge in [0.25, 0.3) is 5.56 Å². The van der Waals surface area contributed by atoms with Gasteiger partial charge >= 0.3 is 0 Å². The van der Waals surface area contributed by atoms with Crippen LogP contribution in [0, 0.1) is 13.8 Å². The first kappa shape index (κ1) is 21.7. The number of anilines is 1. The molecule has 0 aliphatic carbocycles. The van der Waals surface area contributed by atoms with Gasteiger partial charge in [-0.05, 0) is 56.2 Å². The molecule has 1 N–H and O–H groups in total. The maximum Gasteiger partial charge on any atom is 0.263 e. The Kier molecular flexibility index (Phi) is 6.01. The van der Waals surface area contributed by atoms with Crippen molar-refractivity contribution in [2.24, 2.45) is 0 Å². The van der Waals surface area contributed by atoms with E-state index in [1.54, 1.807) is 19.1 Å². The second-order valence-electron chi connectivity index (χ2n) is 7.30. The van der Waals surface area contributed by atoms with Gasteiger partial charge in [0, 0.05) is 25.6 Å². The van der Waals surface area contributed by atoms with Crippen LogP contribution in [0.2, 0.25) is 5.02 Å². The lowest BCUT2D eigenvalue weighted by atomic mass is 10.0. The van der Waals surface area contributed by atoms with Crippen LogP contribution in [0.25, 0.3) is 21.3 Å². The number of halogens is 2. The van der Waals surface area contributed by atoms with Gasteiger partial charge in [0.2, 0.25) is 5.91 Å². The number of hydrogen-bond acceptors (Lipinski definition) is 4. The zero-order valence-electron chi connectivity index (χ0n) is 17.1. The minimum Gasteiger partial charge on any atom is -0.324 e. The van der Waals surface area contributed by atoms with Crippen LogP contribution in [0.4, 0.5) is 5.69 Å². The number of rotatable bonds is 4. The van der Waals surface area contributed by atoms with E-state index < -0.39 is 6.04 Å². The van der Waals surface area contributed by atoms with Crippen LogP contribution in [0.5, 0.6) is 0 Å². The summed E-state index contributed by atoms with van der Waals surface area (Å²) < 4.78 is 2.34. The molecule has 31 heavy (non-hydrogen) atoms. The van der Waals surface area contributed by atoms with Gasteiger partial charge in [-0.1, -0.05) is 45.7 Å². The van der Waals surface area contributed by atoms with Crippen molar-refractivity contribution >= 4 is 60.7 Å². The van der Waals surface area contributed by atoms with Gasteiger partial charge in [-0.2, -0.15) is 0 Å². The van der Waals surface area contributed by atoms with Gasteiger partial charge in [0.1, 0.15) is 10.9 Å². The molecule has 158 valence electrons. The molecule has 0 aliphatic rings. The summed E-state index contributed by atoms with van der Waals surface area (Å²) in [7, 11) is 0. The van der Waals surface area contributed by atoms with Gasteiger partial charge in [-0.25, -0.2) is 4.98 Å². The van der Waals surface area contributed by atoms with Gasteiger partial charge in [0.05, 0.1) is 11.7 Å². The van der Waals surface area contributed by atoms with Crippen LogP contribution in [0.3, 0.4) is 0 Å². The number of benzene rings is 2. The number of nitrogens with zero attached hydrogens (tertiary/aromatic N) is 2. The van der Waals surface area contributed by atoms with Gasteiger partial charge in [-0.15, -0.1) is 11.3 Å². The molecule has 2 aromatic carbocycles. The summed E-state index contributed by atoms with van der Waals surface area (Å²) in [5.41, 5.74) is 3.07. The second-order valence-corrected chi connectivity index (χ2v) is 9.86. The van der Waals surface area contributed by atoms with Crippen molar-refractivity contribution in [3.63, 3.8) is 0 Å². The molecule has 0 radical (unpaired) electrons. The highest BCUT2D eigenvalue weighted by Crippen LogP contribution is 2.36. The van der Waals surface area contributed by atoms with Gasteiger partial charge < -0.3 is 5.32 Å². The molecule has 4 rings (SSSR count). The Hall–Kier alpha value is -2.48. The predicted molar refractivity (Wildman–Crippen MR) is 131 cm³/mol. The van der Waals surface area contributed by atoms with Gasteiger partial charge in [0.15, 0.2) is 0 Å². The molecular weight excluding hydrogens is 498 g/mol. The molecule has 0 bridgehead atoms. The molecule has 4 aromatic rings. The first-order valence-electron chi connectivity index (χ1n) is 9.59. The number of nitrogens with one attached hydrogen (secondary N) is 1. The summed E-state index contributed by atoms with van der Waals surface area (Å²) in [5, 5.41) is 3.93. The number of aromatic nitrogens is 2. The standard InChI is InChI=1S/C23H19BrClN3O2S/c1-12-4-9-17(25)10-18(12)27-21(29)13(2)28-11-26-22-20(23(28)30)19(14(3)31-22)15-5-7-16(24)8-6-15/h4-11,13H,1-3H3,(H,27,29). The smallest absolute Gasteiger partial charge is 0.263 e. The van der Waals surface area contributed by atoms with Crippen molar-refractivity contribution in [1.82, 2.24) is 9.55 Å². The summed E-state index contributed by atoms with van der Waals surface area (Å²) >= 11 is 11.0. The molecule has 5 nitrogen and oxygen atoms in total. The number of aryl methyl sites for hydroxylation is 2. The molecule has 0 aliphatic heterocycles. The lowest BCUT2D eigenvalue weighted by Gasteiger charge is -2.16. The number of hydrogen-bond donors (Lipinski definition) is 1. The Morgan fingerprint density at radius 3 is 2.61 bits per heavy atom. The monoisotopic (exact) mass is 515 g/mol. The van der Waals surface area contributed by atoms with Crippen LogP contribution in [-0.4, -0.2) is 15.5 Å². The van der Waals surface area contributed by atoms with Crippen LogP contribution < -0.4 is 10.9 Å². The molecule has 0 saturated carbocycles. The van der Waals surface area contributed by atoms with Crippen molar-refractivity contribution in [2.45, 2.75) is 26.8 Å². The highest BCUT2D eigenvalue weighted by molar-refractivity contribution is 9.10. The van der Waals surface area contributed by atoms with E-state index in [1.807, 2.05) is 44.2 Å². The van der Waals surface area contributed by atoms with Crippen molar-refractivity contribution in [3.8, 4) is 11.1 Å². The average molecular weight is 517 g/mol. The number of carbonyl (C=O) groups is 1. The van der Waals surface area contributed by atoms with Crippen LogP contribution in [0.1, 0.15) is 23.4 Å². The fraction of sp³-hybridized carbons (Fsp3) is 0.174. The average Bonchev–Trinajstić information content (AvgIpc) is 3.08. The Morgan fingerprint density at radius 1 is 1.19 bits per heavy atom. The third-order valence-corrected chi connectivity index (χ3v) is 6.98. The van der Waals surface area contributed by atoms with Crippen LogP contribution in [-0.2, 0) is 4.79 Å². The predicted octanol–water partition coefficient (Wildman–Crippen LogP) is 6.36. The third-order valence-electron chi connectivity index (χ3n) is 5.20. The molecule has 0 saturated heterocycles. The SMILES string of the molecule is Cc1ccc(Cl)cc1NC(=O)C(C)n1cnc2sc(C)c(-c3ccc(Br)cc3)c2c1=O. The van der Waals surface area contributed by atoms with Crippen LogP contribution in [0.15, 0.2) is 58.1 Å². The van der Waals surface area contributed by atoms with E-state index in [-0.39, 0.29) is 11.5 Å². The Bertz CT molecular complexity index is 1360. The zero-order valence-corrected chi connectivity index (χ0v) is 20.2. The first-order valence-corrected chi connectivity index (χ1v) is 11.6. The number of amides is 1. The topological polar surface area (TPSA) is 64.0 Å². The maximum absolute atomic E-state index is 13.4. The summed E-state index contributed by atoms with van der Waals surface area (Å²) in [6.45, 7) is 5.54. The van der Waals surface area contributed by atoms with Crippen molar-refractivity contribution < 1.29 is 4.79 Å². The molecule has 0 spiro atoms. The number of carbonyl (C=O) groups excluding carboxylic acids is 1. The van der Waals surface area contributed by atoms with Gasteiger partial charge in [-0.3, -0.25) is 14.2 Å². The fourth-order valence-corrected chi connectivity index (χ4v) is 4.89. The molecule has 0 fully saturated rings. The van der Waals surface area contributed by atoms with E-state index in [4.69, 9.17) is 11.6 Å². The minimum atomic E-state index is -0.749. The van der Waals surface area contributed by atoms with Crippen molar-refractivity contribution in [2.75, 3.05) is 5.32 Å². The molecule has 8 heteroatoms. The Morgan fingerprint density at radius 2 is 1.90 bits per heavy atom. The van der Waals surface area contributed by atoms with E-state index in [9.17, 15) is 9.59 Å². The summed E-state index contributed by atoms with van der Waals surface area (Å²) in [5.74, 6) is -0.314. The van der Waals surface area contributed by atoms with Crippen LogP contribution >= 0.6 is 38.9 Å². The quantitative estimate of drug-likeness (QED) is 0.343. The van der Waals surface area contributed by atoms with E-state index >= 15 is 0 Å². The van der Waals surface area contributed by atoms with Crippen molar-refractivity contribution in [3.05, 3.63) is 79.1 Å². The highest BCUT2D eigenvalue weighted by Gasteiger charge is 2.22. The highest BCUT2D eigenvalue weighted by atomic mass is 79.9. The van der Waals surface area contributed by atoms with Crippen molar-refractivity contribution in [1.29, 1.82) is 0 Å². The molecule has 1 amide bonds. The fourth-order valence-electron chi connectivity index (χ4n) is 3.45. The molecule has 1 atom stereocenters. The number of fused-ring (bicyclic) bond motifs is 1. The Labute approximate surface area is 196 Å². The lowest BCUT2D eigenvalue weighted by molar-refractivity contribution is -0.118. The number of thiophene rings is 1. The molecular formula is C23H19BrClN3O2S.